The van der Waals surface area contributed by atoms with E-state index in [1.165, 1.54) is 23.7 Å². The molecule has 3 aromatic rings. The van der Waals surface area contributed by atoms with Crippen LogP contribution in [0.1, 0.15) is 5.56 Å². The van der Waals surface area contributed by atoms with Crippen LogP contribution in [0.15, 0.2) is 77.7 Å². The van der Waals surface area contributed by atoms with Gasteiger partial charge in [-0.15, -0.1) is 0 Å². The first-order chi connectivity index (χ1) is 12.5. The number of carbonyl (C=O) groups is 1. The van der Waals surface area contributed by atoms with Gasteiger partial charge in [0, 0.05) is 11.8 Å². The van der Waals surface area contributed by atoms with E-state index in [1.54, 1.807) is 24.3 Å². The number of benzene rings is 3. The molecule has 0 unspecified atom stereocenters. The molecule has 0 spiro atoms. The van der Waals surface area contributed by atoms with Crippen LogP contribution in [0.5, 0.6) is 0 Å². The lowest BCUT2D eigenvalue weighted by atomic mass is 10.1. The minimum Gasteiger partial charge on any atom is -0.288 e. The Labute approximate surface area is 150 Å². The van der Waals surface area contributed by atoms with Gasteiger partial charge >= 0.3 is 0 Å². The predicted octanol–water partition coefficient (Wildman–Crippen LogP) is 3.16. The van der Waals surface area contributed by atoms with Crippen molar-refractivity contribution in [1.82, 2.24) is 5.48 Å². The van der Waals surface area contributed by atoms with E-state index in [2.05, 4.69) is 4.72 Å². The number of carbonyl (C=O) groups excluding carboxylic acids is 1. The zero-order chi connectivity index (χ0) is 18.6. The Morgan fingerprint density at radius 1 is 0.923 bits per heavy atom. The summed E-state index contributed by atoms with van der Waals surface area (Å²) in [6.07, 6.45) is 2.50. The normalized spacial score (nSPS) is 11.6. The van der Waals surface area contributed by atoms with E-state index in [0.29, 0.717) is 11.3 Å². The number of hydroxylamine groups is 1. The van der Waals surface area contributed by atoms with Crippen molar-refractivity contribution < 1.29 is 18.4 Å². The molecular formula is C19H16N2O4S. The molecule has 3 N–H and O–H groups in total. The molecule has 0 saturated heterocycles. The van der Waals surface area contributed by atoms with Gasteiger partial charge in [0.1, 0.15) is 0 Å². The summed E-state index contributed by atoms with van der Waals surface area (Å²) in [4.78, 5) is 11.1. The van der Waals surface area contributed by atoms with Crippen molar-refractivity contribution in [2.24, 2.45) is 0 Å². The van der Waals surface area contributed by atoms with Gasteiger partial charge in [-0.3, -0.25) is 14.7 Å². The molecule has 0 fully saturated rings. The molecule has 7 heteroatoms. The fraction of sp³-hybridized carbons (Fsp3) is 0. The molecule has 1 amide bonds. The standard InChI is InChI=1S/C19H16N2O4S/c22-19(20-23)11-8-14-4-3-7-18(12-14)26(24,25)21-17-10-9-15-5-1-2-6-16(15)13-17/h1-13,21,23H,(H,20,22)/b11-8+. The third-order valence-electron chi connectivity index (χ3n) is 3.71. The van der Waals surface area contributed by atoms with Crippen LogP contribution in [0.2, 0.25) is 0 Å². The van der Waals surface area contributed by atoms with E-state index in [-0.39, 0.29) is 4.90 Å². The SMILES string of the molecule is O=C(/C=C/c1cccc(S(=O)(=O)Nc2ccc3ccccc3c2)c1)NO. The molecular weight excluding hydrogens is 352 g/mol. The zero-order valence-electron chi connectivity index (χ0n) is 13.6. The van der Waals surface area contributed by atoms with Crippen LogP contribution in [-0.4, -0.2) is 19.5 Å². The maximum absolute atomic E-state index is 12.6. The quantitative estimate of drug-likeness (QED) is 0.366. The van der Waals surface area contributed by atoms with Gasteiger partial charge in [0.15, 0.2) is 0 Å². The van der Waals surface area contributed by atoms with Gasteiger partial charge in [-0.2, -0.15) is 0 Å². The van der Waals surface area contributed by atoms with Crippen molar-refractivity contribution in [2.45, 2.75) is 4.90 Å². The second-order valence-electron chi connectivity index (χ2n) is 5.55. The van der Waals surface area contributed by atoms with Crippen molar-refractivity contribution in [3.05, 3.63) is 78.4 Å². The van der Waals surface area contributed by atoms with E-state index in [1.807, 2.05) is 30.3 Å². The van der Waals surface area contributed by atoms with Crippen molar-refractivity contribution in [3.63, 3.8) is 0 Å². The highest BCUT2D eigenvalue weighted by Crippen LogP contribution is 2.22. The molecule has 132 valence electrons. The summed E-state index contributed by atoms with van der Waals surface area (Å²) >= 11 is 0. The second-order valence-corrected chi connectivity index (χ2v) is 7.23. The minimum absolute atomic E-state index is 0.0669. The first-order valence-corrected chi connectivity index (χ1v) is 9.20. The van der Waals surface area contributed by atoms with Crippen LogP contribution in [0.25, 0.3) is 16.8 Å². The third kappa shape index (κ3) is 4.08. The predicted molar refractivity (Wildman–Crippen MR) is 100 cm³/mol. The summed E-state index contributed by atoms with van der Waals surface area (Å²) in [7, 11) is -3.78. The van der Waals surface area contributed by atoms with Crippen molar-refractivity contribution in [2.75, 3.05) is 4.72 Å². The fourth-order valence-corrected chi connectivity index (χ4v) is 3.57. The Morgan fingerprint density at radius 3 is 2.46 bits per heavy atom. The van der Waals surface area contributed by atoms with Gasteiger partial charge in [0.2, 0.25) is 0 Å². The number of rotatable bonds is 5. The van der Waals surface area contributed by atoms with Crippen molar-refractivity contribution in [1.29, 1.82) is 0 Å². The number of anilines is 1. The first-order valence-electron chi connectivity index (χ1n) is 7.72. The molecule has 3 aromatic carbocycles. The minimum atomic E-state index is -3.78. The molecule has 0 aliphatic carbocycles. The lowest BCUT2D eigenvalue weighted by Gasteiger charge is -2.09. The van der Waals surface area contributed by atoms with Gasteiger partial charge in [0.25, 0.3) is 15.9 Å². The van der Waals surface area contributed by atoms with E-state index < -0.39 is 15.9 Å². The van der Waals surface area contributed by atoms with Crippen LogP contribution >= 0.6 is 0 Å². The van der Waals surface area contributed by atoms with Gasteiger partial charge in [-0.05, 0) is 46.7 Å². The van der Waals surface area contributed by atoms with Crippen molar-refractivity contribution in [3.8, 4) is 0 Å². The molecule has 0 aromatic heterocycles. The Morgan fingerprint density at radius 2 is 1.69 bits per heavy atom. The number of hydrogen-bond acceptors (Lipinski definition) is 4. The molecule has 0 aliphatic rings. The van der Waals surface area contributed by atoms with E-state index in [0.717, 1.165) is 16.8 Å². The smallest absolute Gasteiger partial charge is 0.267 e. The summed E-state index contributed by atoms with van der Waals surface area (Å²) < 4.78 is 27.8. The maximum atomic E-state index is 12.6. The topological polar surface area (TPSA) is 95.5 Å². The highest BCUT2D eigenvalue weighted by Gasteiger charge is 2.14. The monoisotopic (exact) mass is 368 g/mol. The summed E-state index contributed by atoms with van der Waals surface area (Å²) in [5, 5.41) is 10.4. The highest BCUT2D eigenvalue weighted by molar-refractivity contribution is 7.92. The summed E-state index contributed by atoms with van der Waals surface area (Å²) in [5.74, 6) is -0.701. The largest absolute Gasteiger partial charge is 0.288 e. The van der Waals surface area contributed by atoms with Gasteiger partial charge < -0.3 is 0 Å². The molecule has 0 saturated carbocycles. The molecule has 26 heavy (non-hydrogen) atoms. The Bertz CT molecular complexity index is 1090. The first kappa shape index (κ1) is 17.7. The molecule has 0 atom stereocenters. The molecule has 0 heterocycles. The number of nitrogens with one attached hydrogen (secondary N) is 2. The zero-order valence-corrected chi connectivity index (χ0v) is 14.4. The second kappa shape index (κ2) is 7.38. The lowest BCUT2D eigenvalue weighted by Crippen LogP contribution is -2.15. The summed E-state index contributed by atoms with van der Waals surface area (Å²) in [6, 6.07) is 19.1. The Hall–Kier alpha value is -3.16. The summed E-state index contributed by atoms with van der Waals surface area (Å²) in [5.41, 5.74) is 2.44. The van der Waals surface area contributed by atoms with E-state index >= 15 is 0 Å². The molecule has 0 bridgehead atoms. The highest BCUT2D eigenvalue weighted by atomic mass is 32.2. The van der Waals surface area contributed by atoms with Crippen LogP contribution < -0.4 is 10.2 Å². The van der Waals surface area contributed by atoms with Crippen LogP contribution in [0, 0.1) is 0 Å². The van der Waals surface area contributed by atoms with Gasteiger partial charge in [-0.25, -0.2) is 13.9 Å². The van der Waals surface area contributed by atoms with Crippen LogP contribution in [-0.2, 0) is 14.8 Å². The molecule has 3 rings (SSSR count). The third-order valence-corrected chi connectivity index (χ3v) is 5.09. The average molecular weight is 368 g/mol. The Kier molecular flexibility index (Phi) is 5.01. The van der Waals surface area contributed by atoms with Crippen LogP contribution in [0.4, 0.5) is 5.69 Å². The number of fused-ring (bicyclic) bond motifs is 1. The van der Waals surface area contributed by atoms with Crippen LogP contribution in [0.3, 0.4) is 0 Å². The van der Waals surface area contributed by atoms with E-state index in [9.17, 15) is 13.2 Å². The maximum Gasteiger partial charge on any atom is 0.267 e. The molecule has 6 nitrogen and oxygen atoms in total. The number of amides is 1. The van der Waals surface area contributed by atoms with Gasteiger partial charge in [0.05, 0.1) is 4.90 Å². The molecule has 0 radical (unpaired) electrons. The lowest BCUT2D eigenvalue weighted by molar-refractivity contribution is -0.124. The van der Waals surface area contributed by atoms with Gasteiger partial charge in [-0.1, -0.05) is 42.5 Å². The fourth-order valence-electron chi connectivity index (χ4n) is 2.46. The van der Waals surface area contributed by atoms with E-state index in [4.69, 9.17) is 5.21 Å². The number of sulfonamides is 1. The summed E-state index contributed by atoms with van der Waals surface area (Å²) in [6.45, 7) is 0. The molecule has 0 aliphatic heterocycles. The number of hydrogen-bond donors (Lipinski definition) is 3. The average Bonchev–Trinajstić information content (AvgIpc) is 2.66. The Balaban J connectivity index is 1.87. The van der Waals surface area contributed by atoms with Crippen molar-refractivity contribution >= 4 is 38.5 Å².